The second-order valence-corrected chi connectivity index (χ2v) is 3.93. The number of ether oxygens (including phenoxy) is 1. The molecule has 1 saturated heterocycles. The molecule has 1 atom stereocenters. The highest BCUT2D eigenvalue weighted by molar-refractivity contribution is 14.1. The van der Waals surface area contributed by atoms with E-state index in [0.29, 0.717) is 5.92 Å². The number of halogens is 1. The molecule has 1 aliphatic rings. The van der Waals surface area contributed by atoms with Crippen molar-refractivity contribution in [2.75, 3.05) is 13.2 Å². The molecular formula is C7H10IN3O. The van der Waals surface area contributed by atoms with E-state index in [9.17, 15) is 0 Å². The topological polar surface area (TPSA) is 39.9 Å². The van der Waals surface area contributed by atoms with Crippen LogP contribution < -0.4 is 0 Å². The zero-order chi connectivity index (χ0) is 8.39. The molecule has 4 nitrogen and oxygen atoms in total. The van der Waals surface area contributed by atoms with Crippen LogP contribution in [0.1, 0.15) is 6.42 Å². The van der Waals surface area contributed by atoms with Crippen LogP contribution in [0.5, 0.6) is 0 Å². The van der Waals surface area contributed by atoms with Crippen LogP contribution in [0.4, 0.5) is 0 Å². The molecule has 0 aliphatic carbocycles. The monoisotopic (exact) mass is 279 g/mol. The van der Waals surface area contributed by atoms with Crippen molar-refractivity contribution in [2.45, 2.75) is 13.0 Å². The van der Waals surface area contributed by atoms with Gasteiger partial charge in [0.05, 0.1) is 6.61 Å². The third-order valence-corrected chi connectivity index (χ3v) is 2.47. The maximum Gasteiger partial charge on any atom is 0.211 e. The van der Waals surface area contributed by atoms with Gasteiger partial charge in [-0.3, -0.25) is 4.68 Å². The summed E-state index contributed by atoms with van der Waals surface area (Å²) in [4.78, 5) is 4.06. The van der Waals surface area contributed by atoms with Crippen molar-refractivity contribution in [2.24, 2.45) is 5.92 Å². The number of nitrogens with zero attached hydrogens (tertiary/aromatic N) is 3. The SMILES string of the molecule is Ic1ncn(CC2CCOC2)n1. The molecular weight excluding hydrogens is 269 g/mol. The van der Waals surface area contributed by atoms with E-state index >= 15 is 0 Å². The van der Waals surface area contributed by atoms with E-state index < -0.39 is 0 Å². The fourth-order valence-corrected chi connectivity index (χ4v) is 1.75. The first-order valence-corrected chi connectivity index (χ1v) is 5.05. The lowest BCUT2D eigenvalue weighted by molar-refractivity contribution is 0.181. The van der Waals surface area contributed by atoms with Crippen molar-refractivity contribution in [3.8, 4) is 0 Å². The van der Waals surface area contributed by atoms with Crippen LogP contribution >= 0.6 is 22.6 Å². The van der Waals surface area contributed by atoms with Gasteiger partial charge < -0.3 is 4.74 Å². The highest BCUT2D eigenvalue weighted by atomic mass is 127. The molecule has 0 amide bonds. The fourth-order valence-electron chi connectivity index (χ4n) is 1.35. The van der Waals surface area contributed by atoms with Crippen LogP contribution in [0, 0.1) is 9.75 Å². The molecule has 1 aliphatic heterocycles. The molecule has 1 aromatic heterocycles. The summed E-state index contributed by atoms with van der Waals surface area (Å²) in [5, 5.41) is 4.21. The zero-order valence-corrected chi connectivity index (χ0v) is 8.77. The van der Waals surface area contributed by atoms with E-state index in [1.807, 2.05) is 4.68 Å². The smallest absolute Gasteiger partial charge is 0.211 e. The van der Waals surface area contributed by atoms with Gasteiger partial charge in [0.15, 0.2) is 0 Å². The number of aromatic nitrogens is 3. The van der Waals surface area contributed by atoms with Gasteiger partial charge in [-0.15, -0.1) is 5.10 Å². The highest BCUT2D eigenvalue weighted by Gasteiger charge is 2.16. The molecule has 66 valence electrons. The maximum absolute atomic E-state index is 5.27. The number of rotatable bonds is 2. The van der Waals surface area contributed by atoms with Crippen LogP contribution in [0.15, 0.2) is 6.33 Å². The van der Waals surface area contributed by atoms with Crippen molar-refractivity contribution in [1.82, 2.24) is 14.8 Å². The quantitative estimate of drug-likeness (QED) is 0.756. The molecule has 0 saturated carbocycles. The second-order valence-electron chi connectivity index (χ2n) is 2.97. The van der Waals surface area contributed by atoms with Gasteiger partial charge in [0.1, 0.15) is 6.33 Å². The predicted molar refractivity (Wildman–Crippen MR) is 51.7 cm³/mol. The van der Waals surface area contributed by atoms with Gasteiger partial charge in [0, 0.05) is 41.7 Å². The van der Waals surface area contributed by atoms with Gasteiger partial charge in [0.2, 0.25) is 3.83 Å². The molecule has 1 aromatic rings. The minimum absolute atomic E-state index is 0.627. The van der Waals surface area contributed by atoms with E-state index in [1.165, 1.54) is 0 Å². The summed E-state index contributed by atoms with van der Waals surface area (Å²) in [7, 11) is 0. The lowest BCUT2D eigenvalue weighted by Crippen LogP contribution is -2.10. The van der Waals surface area contributed by atoms with Crippen LogP contribution in [0.3, 0.4) is 0 Å². The van der Waals surface area contributed by atoms with Gasteiger partial charge in [-0.2, -0.15) is 0 Å². The second kappa shape index (κ2) is 3.69. The summed E-state index contributed by atoms with van der Waals surface area (Å²) in [5.41, 5.74) is 0. The van der Waals surface area contributed by atoms with Crippen LogP contribution in [0.25, 0.3) is 0 Å². The summed E-state index contributed by atoms with van der Waals surface area (Å²) in [6.07, 6.45) is 2.93. The number of hydrogen-bond donors (Lipinski definition) is 0. The molecule has 0 radical (unpaired) electrons. The third kappa shape index (κ3) is 1.95. The van der Waals surface area contributed by atoms with E-state index in [0.717, 1.165) is 30.0 Å². The first kappa shape index (κ1) is 8.43. The Morgan fingerprint density at radius 2 is 2.67 bits per heavy atom. The van der Waals surface area contributed by atoms with E-state index in [-0.39, 0.29) is 0 Å². The average molecular weight is 279 g/mol. The standard InChI is InChI=1S/C7H10IN3O/c8-7-9-5-11(10-7)3-6-1-2-12-4-6/h5-6H,1-4H2. The Bertz CT molecular complexity index is 257. The van der Waals surface area contributed by atoms with Crippen molar-refractivity contribution >= 4 is 22.6 Å². The van der Waals surface area contributed by atoms with Gasteiger partial charge in [-0.05, 0) is 6.42 Å². The fraction of sp³-hybridized carbons (Fsp3) is 0.714. The summed E-state index contributed by atoms with van der Waals surface area (Å²) in [6, 6.07) is 0. The van der Waals surface area contributed by atoms with Gasteiger partial charge in [0.25, 0.3) is 0 Å². The van der Waals surface area contributed by atoms with E-state index in [1.54, 1.807) is 6.33 Å². The Labute approximate surface area is 84.5 Å². The van der Waals surface area contributed by atoms with Crippen LogP contribution in [-0.2, 0) is 11.3 Å². The number of hydrogen-bond acceptors (Lipinski definition) is 3. The Morgan fingerprint density at radius 1 is 1.75 bits per heavy atom. The summed E-state index contributed by atoms with van der Waals surface area (Å²) >= 11 is 2.11. The zero-order valence-electron chi connectivity index (χ0n) is 6.61. The molecule has 0 spiro atoms. The van der Waals surface area contributed by atoms with Crippen LogP contribution in [0.2, 0.25) is 0 Å². The molecule has 0 bridgehead atoms. The van der Waals surface area contributed by atoms with Crippen molar-refractivity contribution in [3.05, 3.63) is 10.2 Å². The minimum atomic E-state index is 0.627. The average Bonchev–Trinajstić information content (AvgIpc) is 2.63. The van der Waals surface area contributed by atoms with E-state index in [2.05, 4.69) is 32.7 Å². The molecule has 12 heavy (non-hydrogen) atoms. The maximum atomic E-state index is 5.27. The molecule has 1 unspecified atom stereocenters. The molecule has 1 fully saturated rings. The van der Waals surface area contributed by atoms with Crippen molar-refractivity contribution < 1.29 is 4.74 Å². The Morgan fingerprint density at radius 3 is 3.25 bits per heavy atom. The molecule has 2 heterocycles. The van der Waals surface area contributed by atoms with Crippen molar-refractivity contribution in [1.29, 1.82) is 0 Å². The third-order valence-electron chi connectivity index (χ3n) is 1.98. The predicted octanol–water partition coefficient (Wildman–Crippen LogP) is 0.919. The highest BCUT2D eigenvalue weighted by Crippen LogP contribution is 2.13. The molecule has 5 heteroatoms. The first-order valence-electron chi connectivity index (χ1n) is 3.97. The Kier molecular flexibility index (Phi) is 2.60. The lowest BCUT2D eigenvalue weighted by atomic mass is 10.1. The minimum Gasteiger partial charge on any atom is -0.381 e. The summed E-state index contributed by atoms with van der Waals surface area (Å²) < 4.78 is 7.97. The molecule has 2 rings (SSSR count). The largest absolute Gasteiger partial charge is 0.381 e. The Hall–Kier alpha value is -0.170. The van der Waals surface area contributed by atoms with E-state index in [4.69, 9.17) is 4.74 Å². The van der Waals surface area contributed by atoms with Gasteiger partial charge >= 0.3 is 0 Å². The first-order chi connectivity index (χ1) is 5.84. The summed E-state index contributed by atoms with van der Waals surface area (Å²) in [5.74, 6) is 0.627. The normalized spacial score (nSPS) is 23.2. The van der Waals surface area contributed by atoms with Gasteiger partial charge in [-0.1, -0.05) is 0 Å². The molecule has 0 N–H and O–H groups in total. The summed E-state index contributed by atoms with van der Waals surface area (Å²) in [6.45, 7) is 2.71. The van der Waals surface area contributed by atoms with Crippen molar-refractivity contribution in [3.63, 3.8) is 0 Å². The lowest BCUT2D eigenvalue weighted by Gasteiger charge is -2.05. The van der Waals surface area contributed by atoms with Gasteiger partial charge in [-0.25, -0.2) is 4.98 Å². The molecule has 0 aromatic carbocycles. The Balaban J connectivity index is 1.94. The van der Waals surface area contributed by atoms with Crippen LogP contribution in [-0.4, -0.2) is 28.0 Å².